The molecule has 2 aromatic carbocycles. The molecule has 0 N–H and O–H groups in total. The van der Waals surface area contributed by atoms with Crippen molar-refractivity contribution in [2.24, 2.45) is 0 Å². The van der Waals surface area contributed by atoms with Crippen molar-refractivity contribution in [1.29, 1.82) is 0 Å². The van der Waals surface area contributed by atoms with Gasteiger partial charge < -0.3 is 14.7 Å². The molecule has 2 heterocycles. The van der Waals surface area contributed by atoms with Crippen molar-refractivity contribution < 1.29 is 8.78 Å². The second-order valence-corrected chi connectivity index (χ2v) is 7.86. The van der Waals surface area contributed by atoms with Gasteiger partial charge in [0.25, 0.3) is 0 Å². The third kappa shape index (κ3) is 3.58. The van der Waals surface area contributed by atoms with E-state index in [9.17, 15) is 4.39 Å². The Morgan fingerprint density at radius 2 is 1.56 bits per heavy atom. The van der Waals surface area contributed by atoms with Gasteiger partial charge in [-0.3, -0.25) is 0 Å². The fraction of sp³-hybridized carbons (Fsp3) is 0.455. The topological polar surface area (TPSA) is 9.72 Å². The summed E-state index contributed by atoms with van der Waals surface area (Å²) in [7, 11) is 4.11. The van der Waals surface area contributed by atoms with Gasteiger partial charge in [0, 0.05) is 44.2 Å². The van der Waals surface area contributed by atoms with Crippen molar-refractivity contribution in [2.45, 2.75) is 18.9 Å². The van der Waals surface area contributed by atoms with Gasteiger partial charge in [-0.1, -0.05) is 24.3 Å². The number of hydrogen-bond acceptors (Lipinski definition) is 3. The van der Waals surface area contributed by atoms with Crippen LogP contribution in [0.15, 0.2) is 36.4 Å². The number of piperazine rings is 1. The van der Waals surface area contributed by atoms with Crippen LogP contribution < -0.4 is 4.90 Å². The molecular formula is C22H27F2N3. The van der Waals surface area contributed by atoms with Crippen LogP contribution in [0.1, 0.15) is 29.0 Å². The maximum Gasteiger partial charge on any atom is 0.151 e. The second kappa shape index (κ2) is 7.56. The average molecular weight is 371 g/mol. The minimum atomic E-state index is -0.207. The number of likely N-dealkylation sites (N-methyl/N-ethyl adjacent to an activating group) is 1. The highest BCUT2D eigenvalue weighted by Gasteiger charge is 2.29. The van der Waals surface area contributed by atoms with E-state index in [0.717, 1.165) is 50.3 Å². The molecule has 2 aliphatic heterocycles. The largest absolute Gasteiger partial charge is 0.367 e. The lowest BCUT2D eigenvalue weighted by Gasteiger charge is -2.35. The number of nitrogens with zero attached hydrogens (tertiary/aromatic N) is 3. The Morgan fingerprint density at radius 3 is 2.30 bits per heavy atom. The van der Waals surface area contributed by atoms with Gasteiger partial charge in [0.05, 0.1) is 5.69 Å². The summed E-state index contributed by atoms with van der Waals surface area (Å²) in [4.78, 5) is 6.54. The molecule has 0 aromatic heterocycles. The fourth-order valence-corrected chi connectivity index (χ4v) is 4.34. The Kier molecular flexibility index (Phi) is 5.15. The van der Waals surface area contributed by atoms with Crippen molar-refractivity contribution in [1.82, 2.24) is 9.80 Å². The van der Waals surface area contributed by atoms with Crippen LogP contribution in [0.3, 0.4) is 0 Å². The minimum Gasteiger partial charge on any atom is -0.367 e. The van der Waals surface area contributed by atoms with Crippen molar-refractivity contribution in [2.75, 3.05) is 51.7 Å². The Balaban J connectivity index is 1.76. The van der Waals surface area contributed by atoms with Crippen LogP contribution in [-0.4, -0.2) is 56.6 Å². The summed E-state index contributed by atoms with van der Waals surface area (Å²) in [5.41, 5.74) is 3.00. The molecule has 27 heavy (non-hydrogen) atoms. The number of benzene rings is 2. The predicted molar refractivity (Wildman–Crippen MR) is 105 cm³/mol. The van der Waals surface area contributed by atoms with E-state index in [1.165, 1.54) is 6.07 Å². The lowest BCUT2D eigenvalue weighted by atomic mass is 9.86. The summed E-state index contributed by atoms with van der Waals surface area (Å²) >= 11 is 0. The molecule has 144 valence electrons. The van der Waals surface area contributed by atoms with Crippen LogP contribution in [0.4, 0.5) is 14.5 Å². The molecule has 0 aliphatic carbocycles. The first-order valence-electron chi connectivity index (χ1n) is 9.72. The van der Waals surface area contributed by atoms with Crippen LogP contribution in [0.2, 0.25) is 0 Å². The molecule has 1 atom stereocenters. The van der Waals surface area contributed by atoms with Crippen molar-refractivity contribution in [3.63, 3.8) is 0 Å². The molecule has 2 aromatic rings. The number of halogens is 2. The van der Waals surface area contributed by atoms with Crippen LogP contribution >= 0.6 is 0 Å². The first kappa shape index (κ1) is 18.4. The summed E-state index contributed by atoms with van der Waals surface area (Å²) in [6.07, 6.45) is 0.789. The summed E-state index contributed by atoms with van der Waals surface area (Å²) in [6, 6.07) is 10.8. The lowest BCUT2D eigenvalue weighted by molar-refractivity contribution is 0.310. The van der Waals surface area contributed by atoms with E-state index < -0.39 is 0 Å². The highest BCUT2D eigenvalue weighted by Crippen LogP contribution is 2.38. The molecule has 1 saturated heterocycles. The van der Waals surface area contributed by atoms with E-state index in [2.05, 4.69) is 21.7 Å². The summed E-state index contributed by atoms with van der Waals surface area (Å²) in [5.74, 6) is -0.448. The zero-order valence-corrected chi connectivity index (χ0v) is 16.1. The number of fused-ring (bicyclic) bond motifs is 1. The zero-order chi connectivity index (χ0) is 19.0. The zero-order valence-electron chi connectivity index (χ0n) is 16.1. The van der Waals surface area contributed by atoms with Gasteiger partial charge in [-0.2, -0.15) is 0 Å². The average Bonchev–Trinajstić information content (AvgIpc) is 2.83. The van der Waals surface area contributed by atoms with Gasteiger partial charge in [-0.25, -0.2) is 8.78 Å². The summed E-state index contributed by atoms with van der Waals surface area (Å²) < 4.78 is 30.1. The normalized spacial score (nSPS) is 21.8. The van der Waals surface area contributed by atoms with Crippen molar-refractivity contribution >= 4 is 5.69 Å². The summed E-state index contributed by atoms with van der Waals surface area (Å²) in [5, 5.41) is 0. The molecule has 2 aliphatic rings. The molecule has 4 rings (SSSR count). The van der Waals surface area contributed by atoms with Crippen molar-refractivity contribution in [3.8, 4) is 0 Å². The standard InChI is InChI=1S/C22H27F2N3/c1-25-11-13-27(14-12-25)21-8-7-16-17(18-5-3-4-6-20(18)23)9-10-26(2)15-19(16)22(21)24/h3-8,17H,9-15H2,1-2H3. The molecule has 0 bridgehead atoms. The lowest BCUT2D eigenvalue weighted by Crippen LogP contribution is -2.45. The van der Waals surface area contributed by atoms with Crippen LogP contribution in [0, 0.1) is 11.6 Å². The van der Waals surface area contributed by atoms with Gasteiger partial charge >= 0.3 is 0 Å². The first-order chi connectivity index (χ1) is 13.0. The fourth-order valence-electron chi connectivity index (χ4n) is 4.34. The molecule has 5 heteroatoms. The van der Waals surface area contributed by atoms with E-state index in [-0.39, 0.29) is 17.6 Å². The Morgan fingerprint density at radius 1 is 0.815 bits per heavy atom. The SMILES string of the molecule is CN1CCN(c2ccc3c(c2F)CN(C)CCC3c2ccccc2F)CC1. The predicted octanol–water partition coefficient (Wildman–Crippen LogP) is 3.68. The minimum absolute atomic E-state index is 0.109. The summed E-state index contributed by atoms with van der Waals surface area (Å²) in [6.45, 7) is 4.92. The molecule has 1 unspecified atom stereocenters. The Labute approximate surface area is 160 Å². The number of anilines is 1. The Bertz CT molecular complexity index is 815. The number of rotatable bonds is 2. The van der Waals surface area contributed by atoms with Crippen LogP contribution in [0.5, 0.6) is 0 Å². The molecule has 0 spiro atoms. The monoisotopic (exact) mass is 371 g/mol. The molecule has 1 fully saturated rings. The van der Waals surface area contributed by atoms with Gasteiger partial charge in [0.15, 0.2) is 5.82 Å². The van der Waals surface area contributed by atoms with Crippen LogP contribution in [-0.2, 0) is 6.54 Å². The highest BCUT2D eigenvalue weighted by molar-refractivity contribution is 5.55. The van der Waals surface area contributed by atoms with E-state index >= 15 is 4.39 Å². The van der Waals surface area contributed by atoms with Crippen molar-refractivity contribution in [3.05, 3.63) is 64.7 Å². The maximum absolute atomic E-state index is 15.6. The number of hydrogen-bond donors (Lipinski definition) is 0. The van der Waals surface area contributed by atoms with E-state index in [0.29, 0.717) is 17.8 Å². The quantitative estimate of drug-likeness (QED) is 0.797. The van der Waals surface area contributed by atoms with Gasteiger partial charge in [-0.05, 0) is 50.3 Å². The first-order valence-corrected chi connectivity index (χ1v) is 9.72. The van der Waals surface area contributed by atoms with E-state index in [1.807, 2.05) is 31.3 Å². The third-order valence-electron chi connectivity index (χ3n) is 5.99. The van der Waals surface area contributed by atoms with Gasteiger partial charge in [-0.15, -0.1) is 0 Å². The molecule has 3 nitrogen and oxygen atoms in total. The molecule has 0 amide bonds. The third-order valence-corrected chi connectivity index (χ3v) is 5.99. The van der Waals surface area contributed by atoms with Crippen LogP contribution in [0.25, 0.3) is 0 Å². The molecule has 0 radical (unpaired) electrons. The highest BCUT2D eigenvalue weighted by atomic mass is 19.1. The second-order valence-electron chi connectivity index (χ2n) is 7.86. The molecular weight excluding hydrogens is 344 g/mol. The molecule has 0 saturated carbocycles. The Hall–Kier alpha value is -1.98. The van der Waals surface area contributed by atoms with E-state index in [1.54, 1.807) is 6.07 Å². The van der Waals surface area contributed by atoms with Gasteiger partial charge in [0.2, 0.25) is 0 Å². The van der Waals surface area contributed by atoms with Gasteiger partial charge in [0.1, 0.15) is 5.82 Å². The van der Waals surface area contributed by atoms with E-state index in [4.69, 9.17) is 0 Å². The smallest absolute Gasteiger partial charge is 0.151 e. The maximum atomic E-state index is 15.6.